The number of imidazole rings is 1. The Hall–Kier alpha value is -4.01. The number of carbonyl (C=O) groups excluding carboxylic acids is 1. The van der Waals surface area contributed by atoms with Gasteiger partial charge >= 0.3 is 6.61 Å². The molecule has 0 atom stereocenters. The van der Waals surface area contributed by atoms with Crippen LogP contribution in [0.1, 0.15) is 34.1 Å². The van der Waals surface area contributed by atoms with E-state index in [1.165, 1.54) is 6.07 Å². The van der Waals surface area contributed by atoms with Crippen LogP contribution in [0, 0.1) is 6.92 Å². The first-order chi connectivity index (χ1) is 16.4. The molecule has 0 aliphatic heterocycles. The van der Waals surface area contributed by atoms with Crippen molar-refractivity contribution in [2.24, 2.45) is 0 Å². The number of nitrogens with zero attached hydrogens (tertiary/aromatic N) is 3. The second-order valence-electron chi connectivity index (χ2n) is 7.80. The Morgan fingerprint density at radius 1 is 1.12 bits per heavy atom. The first-order valence-electron chi connectivity index (χ1n) is 10.9. The zero-order valence-electron chi connectivity index (χ0n) is 19.1. The standard InChI is InChI=1S/C25H25F2N5O2/c1-4-19-14-30-23-11-17(13-31-32(19)23)16-6-7-20(24(33)28-3)21(10-16)29-12-18-9-15(2)5-8-22(18)34-25(26)27/h5-11,13-14,25,29H,4,12H2,1-3H3,(H,28,33). The molecular weight excluding hydrogens is 440 g/mol. The number of nitrogens with one attached hydrogen (secondary N) is 2. The zero-order valence-corrected chi connectivity index (χ0v) is 19.1. The van der Waals surface area contributed by atoms with Gasteiger partial charge in [-0.05, 0) is 43.2 Å². The third kappa shape index (κ3) is 4.83. The highest BCUT2D eigenvalue weighted by Gasteiger charge is 2.15. The van der Waals surface area contributed by atoms with Gasteiger partial charge < -0.3 is 15.4 Å². The average Bonchev–Trinajstić information content (AvgIpc) is 3.25. The minimum absolute atomic E-state index is 0.0893. The Balaban J connectivity index is 1.68. The molecule has 2 N–H and O–H groups in total. The summed E-state index contributed by atoms with van der Waals surface area (Å²) in [6.45, 7) is 1.17. The van der Waals surface area contributed by atoms with E-state index in [2.05, 4.69) is 25.5 Å². The van der Waals surface area contributed by atoms with Crippen molar-refractivity contribution in [2.75, 3.05) is 12.4 Å². The smallest absolute Gasteiger partial charge is 0.387 e. The molecule has 0 aliphatic rings. The number of halogens is 2. The number of benzene rings is 2. The van der Waals surface area contributed by atoms with Gasteiger partial charge in [-0.25, -0.2) is 9.50 Å². The number of aryl methyl sites for hydroxylation is 2. The fourth-order valence-corrected chi connectivity index (χ4v) is 3.77. The second kappa shape index (κ2) is 9.86. The molecule has 4 rings (SSSR count). The van der Waals surface area contributed by atoms with Crippen LogP contribution in [0.5, 0.6) is 5.75 Å². The topological polar surface area (TPSA) is 80.5 Å². The predicted octanol–water partition coefficient (Wildman–Crippen LogP) is 4.84. The van der Waals surface area contributed by atoms with Gasteiger partial charge in [-0.2, -0.15) is 13.9 Å². The Bertz CT molecular complexity index is 1340. The highest BCUT2D eigenvalue weighted by molar-refractivity contribution is 6.00. The number of carbonyl (C=O) groups is 1. The summed E-state index contributed by atoms with van der Waals surface area (Å²) < 4.78 is 32.2. The highest BCUT2D eigenvalue weighted by atomic mass is 19.3. The van der Waals surface area contributed by atoms with E-state index in [-0.39, 0.29) is 18.2 Å². The number of anilines is 1. The molecule has 176 valence electrons. The quantitative estimate of drug-likeness (QED) is 0.389. The van der Waals surface area contributed by atoms with E-state index >= 15 is 0 Å². The molecule has 2 aromatic carbocycles. The van der Waals surface area contributed by atoms with Crippen LogP contribution < -0.4 is 15.4 Å². The molecule has 34 heavy (non-hydrogen) atoms. The summed E-state index contributed by atoms with van der Waals surface area (Å²) in [7, 11) is 1.55. The van der Waals surface area contributed by atoms with Crippen LogP contribution in [0.3, 0.4) is 0 Å². The van der Waals surface area contributed by atoms with Crippen LogP contribution in [0.15, 0.2) is 54.9 Å². The lowest BCUT2D eigenvalue weighted by Crippen LogP contribution is -2.20. The zero-order chi connectivity index (χ0) is 24.2. The molecule has 0 bridgehead atoms. The SMILES string of the molecule is CCc1cnc2cc(-c3ccc(C(=O)NC)c(NCc4cc(C)ccc4OC(F)F)c3)cnn12. The van der Waals surface area contributed by atoms with Gasteiger partial charge in [-0.3, -0.25) is 4.79 Å². The molecule has 0 saturated carbocycles. The van der Waals surface area contributed by atoms with Gasteiger partial charge in [0.1, 0.15) is 5.75 Å². The largest absolute Gasteiger partial charge is 0.434 e. The molecule has 4 aromatic rings. The molecule has 2 heterocycles. The predicted molar refractivity (Wildman–Crippen MR) is 126 cm³/mol. The molecular formula is C25H25F2N5O2. The number of ether oxygens (including phenoxy) is 1. The Morgan fingerprint density at radius 2 is 1.94 bits per heavy atom. The summed E-state index contributed by atoms with van der Waals surface area (Å²) in [5.74, 6) is -0.178. The van der Waals surface area contributed by atoms with Crippen LogP contribution >= 0.6 is 0 Å². The molecule has 0 fully saturated rings. The maximum atomic E-state index is 12.8. The Morgan fingerprint density at radius 3 is 2.68 bits per heavy atom. The van der Waals surface area contributed by atoms with Crippen molar-refractivity contribution >= 4 is 17.2 Å². The van der Waals surface area contributed by atoms with Gasteiger partial charge in [0.15, 0.2) is 5.65 Å². The minimum Gasteiger partial charge on any atom is -0.434 e. The van der Waals surface area contributed by atoms with E-state index in [1.54, 1.807) is 42.2 Å². The minimum atomic E-state index is -2.93. The van der Waals surface area contributed by atoms with E-state index in [0.29, 0.717) is 16.8 Å². The van der Waals surface area contributed by atoms with Crippen LogP contribution in [-0.2, 0) is 13.0 Å². The Kier molecular flexibility index (Phi) is 6.72. The number of rotatable bonds is 8. The van der Waals surface area contributed by atoms with Crippen molar-refractivity contribution in [2.45, 2.75) is 33.4 Å². The molecule has 0 spiro atoms. The van der Waals surface area contributed by atoms with Crippen molar-refractivity contribution in [3.63, 3.8) is 0 Å². The number of hydrogen-bond donors (Lipinski definition) is 2. The van der Waals surface area contributed by atoms with Crippen molar-refractivity contribution in [1.82, 2.24) is 19.9 Å². The molecule has 7 nitrogen and oxygen atoms in total. The third-order valence-electron chi connectivity index (χ3n) is 5.52. The molecule has 0 radical (unpaired) electrons. The summed E-state index contributed by atoms with van der Waals surface area (Å²) in [6.07, 6.45) is 4.37. The van der Waals surface area contributed by atoms with E-state index in [1.807, 2.05) is 32.0 Å². The number of aromatic nitrogens is 3. The van der Waals surface area contributed by atoms with Gasteiger partial charge in [0.05, 0.1) is 23.7 Å². The summed E-state index contributed by atoms with van der Waals surface area (Å²) >= 11 is 0. The molecule has 0 aliphatic carbocycles. The number of fused-ring (bicyclic) bond motifs is 1. The molecule has 2 aromatic heterocycles. The average molecular weight is 466 g/mol. The molecule has 0 saturated heterocycles. The van der Waals surface area contributed by atoms with Crippen LogP contribution in [0.25, 0.3) is 16.8 Å². The number of hydrogen-bond acceptors (Lipinski definition) is 5. The first kappa shape index (κ1) is 23.2. The van der Waals surface area contributed by atoms with Gasteiger partial charge in [-0.1, -0.05) is 30.7 Å². The van der Waals surface area contributed by atoms with Gasteiger partial charge in [-0.15, -0.1) is 0 Å². The lowest BCUT2D eigenvalue weighted by Gasteiger charge is -2.16. The number of amides is 1. The van der Waals surface area contributed by atoms with E-state index in [4.69, 9.17) is 0 Å². The normalized spacial score (nSPS) is 11.1. The van der Waals surface area contributed by atoms with Crippen LogP contribution in [0.2, 0.25) is 0 Å². The third-order valence-corrected chi connectivity index (χ3v) is 5.52. The Labute approximate surface area is 195 Å². The van der Waals surface area contributed by atoms with Crippen molar-refractivity contribution < 1.29 is 18.3 Å². The molecule has 9 heteroatoms. The lowest BCUT2D eigenvalue weighted by molar-refractivity contribution is -0.0504. The second-order valence-corrected chi connectivity index (χ2v) is 7.80. The van der Waals surface area contributed by atoms with Crippen LogP contribution in [-0.4, -0.2) is 34.2 Å². The fourth-order valence-electron chi connectivity index (χ4n) is 3.77. The van der Waals surface area contributed by atoms with Gasteiger partial charge in [0, 0.05) is 30.4 Å². The molecule has 1 amide bonds. The van der Waals surface area contributed by atoms with E-state index in [0.717, 1.165) is 34.5 Å². The van der Waals surface area contributed by atoms with Crippen molar-refractivity contribution in [1.29, 1.82) is 0 Å². The van der Waals surface area contributed by atoms with Crippen molar-refractivity contribution in [3.8, 4) is 16.9 Å². The monoisotopic (exact) mass is 465 g/mol. The number of alkyl halides is 2. The van der Waals surface area contributed by atoms with Gasteiger partial charge in [0.25, 0.3) is 5.91 Å². The highest BCUT2D eigenvalue weighted by Crippen LogP contribution is 2.29. The van der Waals surface area contributed by atoms with Crippen LogP contribution in [0.4, 0.5) is 14.5 Å². The summed E-state index contributed by atoms with van der Waals surface area (Å²) in [6, 6.07) is 12.3. The fraction of sp³-hybridized carbons (Fsp3) is 0.240. The maximum absolute atomic E-state index is 12.8. The first-order valence-corrected chi connectivity index (χ1v) is 10.9. The van der Waals surface area contributed by atoms with Crippen molar-refractivity contribution in [3.05, 3.63) is 77.2 Å². The van der Waals surface area contributed by atoms with E-state index < -0.39 is 6.61 Å². The summed E-state index contributed by atoms with van der Waals surface area (Å²) in [5, 5.41) is 10.4. The summed E-state index contributed by atoms with van der Waals surface area (Å²) in [4.78, 5) is 16.9. The van der Waals surface area contributed by atoms with E-state index in [9.17, 15) is 13.6 Å². The lowest BCUT2D eigenvalue weighted by atomic mass is 10.0. The van der Waals surface area contributed by atoms with Gasteiger partial charge in [0.2, 0.25) is 0 Å². The maximum Gasteiger partial charge on any atom is 0.387 e. The summed E-state index contributed by atoms with van der Waals surface area (Å²) in [5.41, 5.74) is 5.86. The molecule has 0 unspecified atom stereocenters.